The Labute approximate surface area is 207 Å². The van der Waals surface area contributed by atoms with Gasteiger partial charge in [-0.2, -0.15) is 13.5 Å². The lowest BCUT2D eigenvalue weighted by atomic mass is 10.1. The van der Waals surface area contributed by atoms with Crippen molar-refractivity contribution in [1.29, 1.82) is 0 Å². The molecule has 11 heteroatoms. The van der Waals surface area contributed by atoms with E-state index < -0.39 is 22.0 Å². The monoisotopic (exact) mass is 512 g/mol. The highest BCUT2D eigenvalue weighted by Crippen LogP contribution is 2.31. The Morgan fingerprint density at radius 2 is 1.74 bits per heavy atom. The molecule has 0 bridgehead atoms. The maximum absolute atomic E-state index is 13.5. The van der Waals surface area contributed by atoms with Crippen molar-refractivity contribution in [2.24, 2.45) is 0 Å². The number of nitrogens with one attached hydrogen (secondary N) is 2. The van der Waals surface area contributed by atoms with Crippen LogP contribution in [0, 0.1) is 0 Å². The fourth-order valence-corrected chi connectivity index (χ4v) is 5.44. The SMILES string of the molecule is CCOc1ccc(OCC)c(NC(=O)C(NS(=O)(=O)c2cccc3nsnc23)c2ccccc2)c1. The van der Waals surface area contributed by atoms with Gasteiger partial charge in [0.25, 0.3) is 0 Å². The highest BCUT2D eigenvalue weighted by Gasteiger charge is 2.29. The summed E-state index contributed by atoms with van der Waals surface area (Å²) in [5.41, 5.74) is 1.55. The number of sulfonamides is 1. The molecule has 0 aliphatic rings. The first kappa shape index (κ1) is 24.6. The Bertz CT molecular complexity index is 1420. The Morgan fingerprint density at radius 3 is 2.49 bits per heavy atom. The number of benzene rings is 3. The van der Waals surface area contributed by atoms with E-state index in [1.165, 1.54) is 6.07 Å². The lowest BCUT2D eigenvalue weighted by Crippen LogP contribution is -2.37. The molecule has 1 amide bonds. The van der Waals surface area contributed by atoms with Gasteiger partial charge in [-0.1, -0.05) is 36.4 Å². The minimum absolute atomic E-state index is 0.0502. The van der Waals surface area contributed by atoms with E-state index in [-0.39, 0.29) is 10.4 Å². The van der Waals surface area contributed by atoms with Crippen LogP contribution in [-0.2, 0) is 14.8 Å². The molecular formula is C24H24N4O5S2. The third-order valence-electron chi connectivity index (χ3n) is 5.03. The Hall–Kier alpha value is -3.54. The second-order valence-corrected chi connectivity index (χ2v) is 9.58. The van der Waals surface area contributed by atoms with Crippen LogP contribution in [0.5, 0.6) is 11.5 Å². The molecule has 4 rings (SSSR count). The molecule has 0 saturated carbocycles. The summed E-state index contributed by atoms with van der Waals surface area (Å²) < 4.78 is 48.7. The summed E-state index contributed by atoms with van der Waals surface area (Å²) in [5, 5.41) is 2.80. The molecule has 1 unspecified atom stereocenters. The summed E-state index contributed by atoms with van der Waals surface area (Å²) in [6.07, 6.45) is 0. The van der Waals surface area contributed by atoms with Crippen LogP contribution in [0.2, 0.25) is 0 Å². The average molecular weight is 513 g/mol. The van der Waals surface area contributed by atoms with Crippen molar-refractivity contribution >= 4 is 44.4 Å². The van der Waals surface area contributed by atoms with Crippen LogP contribution in [0.25, 0.3) is 11.0 Å². The quantitative estimate of drug-likeness (QED) is 0.328. The van der Waals surface area contributed by atoms with Gasteiger partial charge in [0.15, 0.2) is 0 Å². The molecule has 1 aromatic heterocycles. The van der Waals surface area contributed by atoms with Crippen molar-refractivity contribution in [2.75, 3.05) is 18.5 Å². The third kappa shape index (κ3) is 5.59. The van der Waals surface area contributed by atoms with Gasteiger partial charge in [0.1, 0.15) is 33.5 Å². The van der Waals surface area contributed by atoms with Crippen LogP contribution in [-0.4, -0.2) is 36.3 Å². The molecule has 0 spiro atoms. The molecule has 35 heavy (non-hydrogen) atoms. The minimum atomic E-state index is -4.14. The number of amides is 1. The van der Waals surface area contributed by atoms with Crippen LogP contribution < -0.4 is 19.5 Å². The predicted octanol–water partition coefficient (Wildman–Crippen LogP) is 4.15. The number of nitrogens with zero attached hydrogens (tertiary/aromatic N) is 2. The van der Waals surface area contributed by atoms with Gasteiger partial charge in [-0.25, -0.2) is 8.42 Å². The molecule has 0 aliphatic heterocycles. The Morgan fingerprint density at radius 1 is 0.971 bits per heavy atom. The fraction of sp³-hybridized carbons (Fsp3) is 0.208. The molecule has 9 nitrogen and oxygen atoms in total. The van der Waals surface area contributed by atoms with Crippen molar-refractivity contribution in [3.63, 3.8) is 0 Å². The Kier molecular flexibility index (Phi) is 7.59. The maximum Gasteiger partial charge on any atom is 0.247 e. The van der Waals surface area contributed by atoms with E-state index in [0.29, 0.717) is 41.5 Å². The lowest BCUT2D eigenvalue weighted by Gasteiger charge is -2.20. The number of fused-ring (bicyclic) bond motifs is 1. The molecule has 0 aliphatic carbocycles. The smallest absolute Gasteiger partial charge is 0.247 e. The molecule has 0 fully saturated rings. The van der Waals surface area contributed by atoms with Gasteiger partial charge < -0.3 is 14.8 Å². The Balaban J connectivity index is 1.70. The number of hydrogen-bond donors (Lipinski definition) is 2. The molecule has 4 aromatic rings. The van der Waals surface area contributed by atoms with Crippen LogP contribution in [0.4, 0.5) is 5.69 Å². The lowest BCUT2D eigenvalue weighted by molar-refractivity contribution is -0.117. The summed E-state index contributed by atoms with van der Waals surface area (Å²) in [4.78, 5) is 13.5. The predicted molar refractivity (Wildman–Crippen MR) is 134 cm³/mol. The summed E-state index contributed by atoms with van der Waals surface area (Å²) in [6.45, 7) is 4.52. The van der Waals surface area contributed by atoms with E-state index in [4.69, 9.17) is 9.47 Å². The van der Waals surface area contributed by atoms with E-state index in [2.05, 4.69) is 18.8 Å². The van der Waals surface area contributed by atoms with Crippen molar-refractivity contribution in [1.82, 2.24) is 13.5 Å². The molecule has 0 radical (unpaired) electrons. The van der Waals surface area contributed by atoms with Crippen molar-refractivity contribution in [3.8, 4) is 11.5 Å². The maximum atomic E-state index is 13.5. The highest BCUT2D eigenvalue weighted by atomic mass is 32.2. The molecular weight excluding hydrogens is 488 g/mol. The van der Waals surface area contributed by atoms with Gasteiger partial charge in [0.05, 0.1) is 30.6 Å². The van der Waals surface area contributed by atoms with E-state index >= 15 is 0 Å². The average Bonchev–Trinajstić information content (AvgIpc) is 3.34. The molecule has 1 atom stereocenters. The molecule has 182 valence electrons. The zero-order valence-corrected chi connectivity index (χ0v) is 20.7. The van der Waals surface area contributed by atoms with Crippen molar-refractivity contribution < 1.29 is 22.7 Å². The van der Waals surface area contributed by atoms with Crippen molar-refractivity contribution in [2.45, 2.75) is 24.8 Å². The number of aromatic nitrogens is 2. The van der Waals surface area contributed by atoms with Gasteiger partial charge >= 0.3 is 0 Å². The van der Waals surface area contributed by atoms with Gasteiger partial charge in [0.2, 0.25) is 15.9 Å². The fourth-order valence-electron chi connectivity index (χ4n) is 3.48. The number of ether oxygens (including phenoxy) is 2. The number of carbonyl (C=O) groups excluding carboxylic acids is 1. The number of rotatable bonds is 10. The molecule has 1 heterocycles. The number of anilines is 1. The third-order valence-corrected chi connectivity index (χ3v) is 7.02. The molecule has 3 aromatic carbocycles. The second-order valence-electron chi connectivity index (χ2n) is 7.37. The van der Waals surface area contributed by atoms with E-state index in [9.17, 15) is 13.2 Å². The van der Waals surface area contributed by atoms with Crippen LogP contribution in [0.1, 0.15) is 25.5 Å². The van der Waals surface area contributed by atoms with E-state index in [1.807, 2.05) is 13.8 Å². The second kappa shape index (κ2) is 10.8. The standard InChI is InChI=1S/C24H24N4O5S2/c1-3-32-17-13-14-20(33-4-2)19(15-17)25-24(29)22(16-9-6-5-7-10-16)28-35(30,31)21-12-8-11-18-23(21)27-34-26-18/h5-15,22,28H,3-4H2,1-2H3,(H,25,29). The molecule has 0 saturated heterocycles. The summed E-state index contributed by atoms with van der Waals surface area (Å²) in [7, 11) is -4.14. The van der Waals surface area contributed by atoms with Gasteiger partial charge in [-0.3, -0.25) is 4.79 Å². The van der Waals surface area contributed by atoms with Crippen molar-refractivity contribution in [3.05, 3.63) is 72.3 Å². The van der Waals surface area contributed by atoms with Crippen LogP contribution >= 0.6 is 11.7 Å². The van der Waals surface area contributed by atoms with Crippen LogP contribution in [0.15, 0.2) is 71.6 Å². The summed E-state index contributed by atoms with van der Waals surface area (Å²) in [5.74, 6) is 0.404. The first-order valence-electron chi connectivity index (χ1n) is 10.9. The number of hydrogen-bond acceptors (Lipinski definition) is 8. The highest BCUT2D eigenvalue weighted by molar-refractivity contribution is 7.89. The van der Waals surface area contributed by atoms with Gasteiger partial charge in [-0.05, 0) is 43.7 Å². The summed E-state index contributed by atoms with van der Waals surface area (Å²) >= 11 is 0.921. The van der Waals surface area contributed by atoms with E-state index in [0.717, 1.165) is 11.7 Å². The van der Waals surface area contributed by atoms with Crippen LogP contribution in [0.3, 0.4) is 0 Å². The first-order valence-corrected chi connectivity index (χ1v) is 13.1. The minimum Gasteiger partial charge on any atom is -0.494 e. The normalized spacial score (nSPS) is 12.3. The molecule has 2 N–H and O–H groups in total. The van der Waals surface area contributed by atoms with Gasteiger partial charge in [0, 0.05) is 6.07 Å². The zero-order chi connectivity index (χ0) is 24.8. The topological polar surface area (TPSA) is 120 Å². The van der Waals surface area contributed by atoms with E-state index in [1.54, 1.807) is 60.7 Å². The zero-order valence-electron chi connectivity index (χ0n) is 19.1. The summed E-state index contributed by atoms with van der Waals surface area (Å²) in [6, 6.07) is 17.2. The first-order chi connectivity index (χ1) is 16.9. The number of carbonyl (C=O) groups is 1. The van der Waals surface area contributed by atoms with Gasteiger partial charge in [-0.15, -0.1) is 0 Å². The largest absolute Gasteiger partial charge is 0.494 e.